The van der Waals surface area contributed by atoms with Gasteiger partial charge in [0.15, 0.2) is 0 Å². The van der Waals surface area contributed by atoms with Gasteiger partial charge in [0.05, 0.1) is 11.6 Å². The predicted octanol–water partition coefficient (Wildman–Crippen LogP) is 1.10. The lowest BCUT2D eigenvalue weighted by Crippen LogP contribution is -2.35. The zero-order valence-corrected chi connectivity index (χ0v) is 11.8. The van der Waals surface area contributed by atoms with Crippen LogP contribution in [0.2, 0.25) is 0 Å². The van der Waals surface area contributed by atoms with Gasteiger partial charge in [-0.1, -0.05) is 17.3 Å². The average molecular weight is 285 g/mol. The van der Waals surface area contributed by atoms with Gasteiger partial charge in [0.2, 0.25) is 5.91 Å². The first-order valence-electron chi connectivity index (χ1n) is 7.19. The third kappa shape index (κ3) is 2.89. The molecule has 2 aromatic rings. The second-order valence-corrected chi connectivity index (χ2v) is 5.48. The first-order valence-corrected chi connectivity index (χ1v) is 7.19. The Kier molecular flexibility index (Phi) is 3.60. The van der Waals surface area contributed by atoms with Gasteiger partial charge in [0.25, 0.3) is 0 Å². The summed E-state index contributed by atoms with van der Waals surface area (Å²) in [7, 11) is 0. The van der Waals surface area contributed by atoms with Gasteiger partial charge >= 0.3 is 0 Å². The molecule has 3 rings (SSSR count). The Morgan fingerprint density at radius 1 is 1.33 bits per heavy atom. The molecule has 1 amide bonds. The average Bonchev–Trinajstić information content (AvgIpc) is 3.14. The van der Waals surface area contributed by atoms with Crippen molar-refractivity contribution in [3.8, 4) is 0 Å². The second kappa shape index (κ2) is 5.55. The smallest absolute Gasteiger partial charge is 0.230 e. The lowest BCUT2D eigenvalue weighted by Gasteiger charge is -2.16. The summed E-state index contributed by atoms with van der Waals surface area (Å²) in [5, 5.41) is 10.7. The van der Waals surface area contributed by atoms with Crippen LogP contribution < -0.4 is 11.1 Å². The minimum Gasteiger partial charge on any atom is -0.399 e. The maximum Gasteiger partial charge on any atom is 0.230 e. The highest BCUT2D eigenvalue weighted by Crippen LogP contribution is 2.48. The Morgan fingerprint density at radius 3 is 2.71 bits per heavy atom. The van der Waals surface area contributed by atoms with Crippen molar-refractivity contribution in [2.75, 3.05) is 12.3 Å². The van der Waals surface area contributed by atoms with Crippen LogP contribution in [-0.4, -0.2) is 27.4 Å². The van der Waals surface area contributed by atoms with Crippen LogP contribution in [0.5, 0.6) is 0 Å². The van der Waals surface area contributed by atoms with Gasteiger partial charge in [-0.05, 0) is 37.0 Å². The van der Waals surface area contributed by atoms with Gasteiger partial charge < -0.3 is 11.1 Å². The highest BCUT2D eigenvalue weighted by atomic mass is 16.2. The lowest BCUT2D eigenvalue weighted by molar-refractivity contribution is -0.123. The van der Waals surface area contributed by atoms with Crippen molar-refractivity contribution in [3.63, 3.8) is 0 Å². The molecular weight excluding hydrogens is 266 g/mol. The van der Waals surface area contributed by atoms with E-state index in [1.165, 1.54) is 0 Å². The molecule has 0 saturated heterocycles. The molecule has 1 aliphatic rings. The van der Waals surface area contributed by atoms with Crippen LogP contribution in [0.3, 0.4) is 0 Å². The van der Waals surface area contributed by atoms with Crippen LogP contribution in [-0.2, 0) is 16.8 Å². The minimum atomic E-state index is -0.332. The molecule has 1 fully saturated rings. The predicted molar refractivity (Wildman–Crippen MR) is 79.4 cm³/mol. The summed E-state index contributed by atoms with van der Waals surface area (Å²) in [6.07, 6.45) is 6.13. The van der Waals surface area contributed by atoms with E-state index in [0.29, 0.717) is 6.54 Å². The van der Waals surface area contributed by atoms with Crippen molar-refractivity contribution in [3.05, 3.63) is 42.2 Å². The highest BCUT2D eigenvalue weighted by molar-refractivity contribution is 5.91. The highest BCUT2D eigenvalue weighted by Gasteiger charge is 2.50. The number of nitrogens with zero attached hydrogens (tertiary/aromatic N) is 3. The van der Waals surface area contributed by atoms with Gasteiger partial charge in [0, 0.05) is 25.0 Å². The number of anilines is 1. The SMILES string of the molecule is Nc1ccc(C2(C(=O)NCCCn3ccnn3)CC2)cc1. The number of rotatable bonds is 6. The second-order valence-electron chi connectivity index (χ2n) is 5.48. The molecule has 1 saturated carbocycles. The number of benzene rings is 1. The van der Waals surface area contributed by atoms with E-state index < -0.39 is 0 Å². The van der Waals surface area contributed by atoms with Crippen molar-refractivity contribution in [1.29, 1.82) is 0 Å². The molecule has 3 N–H and O–H groups in total. The molecule has 0 spiro atoms. The number of nitrogen functional groups attached to an aromatic ring is 1. The zero-order chi connectivity index (χ0) is 14.7. The largest absolute Gasteiger partial charge is 0.399 e. The quantitative estimate of drug-likeness (QED) is 0.614. The van der Waals surface area contributed by atoms with Gasteiger partial charge in [-0.3, -0.25) is 9.48 Å². The molecular formula is C15H19N5O. The normalized spacial score (nSPS) is 15.6. The fourth-order valence-corrected chi connectivity index (χ4v) is 2.54. The van der Waals surface area contributed by atoms with E-state index in [-0.39, 0.29) is 11.3 Å². The molecule has 1 heterocycles. The molecule has 110 valence electrons. The third-order valence-electron chi connectivity index (χ3n) is 3.97. The van der Waals surface area contributed by atoms with Gasteiger partial charge in [-0.2, -0.15) is 0 Å². The zero-order valence-electron chi connectivity index (χ0n) is 11.8. The lowest BCUT2D eigenvalue weighted by atomic mass is 9.95. The van der Waals surface area contributed by atoms with Gasteiger partial charge in [0.1, 0.15) is 0 Å². The molecule has 1 aromatic heterocycles. The molecule has 21 heavy (non-hydrogen) atoms. The van der Waals surface area contributed by atoms with Crippen molar-refractivity contribution < 1.29 is 4.79 Å². The Hall–Kier alpha value is -2.37. The molecule has 1 aliphatic carbocycles. The van der Waals surface area contributed by atoms with E-state index in [4.69, 9.17) is 5.73 Å². The third-order valence-corrected chi connectivity index (χ3v) is 3.97. The maximum atomic E-state index is 12.4. The Morgan fingerprint density at radius 2 is 2.10 bits per heavy atom. The van der Waals surface area contributed by atoms with E-state index in [9.17, 15) is 4.79 Å². The van der Waals surface area contributed by atoms with Crippen molar-refractivity contribution >= 4 is 11.6 Å². The summed E-state index contributed by atoms with van der Waals surface area (Å²) in [5.74, 6) is 0.117. The van der Waals surface area contributed by atoms with Crippen molar-refractivity contribution in [2.45, 2.75) is 31.2 Å². The summed E-state index contributed by atoms with van der Waals surface area (Å²) in [6.45, 7) is 1.41. The fraction of sp³-hybridized carbons (Fsp3) is 0.400. The summed E-state index contributed by atoms with van der Waals surface area (Å²) in [4.78, 5) is 12.4. The van der Waals surface area contributed by atoms with E-state index in [0.717, 1.165) is 37.1 Å². The molecule has 0 atom stereocenters. The van der Waals surface area contributed by atoms with Gasteiger partial charge in [-0.15, -0.1) is 5.10 Å². The summed E-state index contributed by atoms with van der Waals surface area (Å²) >= 11 is 0. The molecule has 1 aromatic carbocycles. The number of hydrogen-bond acceptors (Lipinski definition) is 4. The van der Waals surface area contributed by atoms with E-state index >= 15 is 0 Å². The first-order chi connectivity index (χ1) is 10.2. The Labute approximate surface area is 123 Å². The summed E-state index contributed by atoms with van der Waals surface area (Å²) < 4.78 is 1.76. The number of aromatic nitrogens is 3. The number of hydrogen-bond donors (Lipinski definition) is 2. The molecule has 0 radical (unpaired) electrons. The van der Waals surface area contributed by atoms with Crippen LogP contribution in [0.1, 0.15) is 24.8 Å². The number of amides is 1. The number of nitrogens with two attached hydrogens (primary N) is 1. The van der Waals surface area contributed by atoms with Gasteiger partial charge in [-0.25, -0.2) is 0 Å². The first kappa shape index (κ1) is 13.6. The van der Waals surface area contributed by atoms with Crippen molar-refractivity contribution in [1.82, 2.24) is 20.3 Å². The Balaban J connectivity index is 1.52. The number of nitrogens with one attached hydrogen (secondary N) is 1. The van der Waals surface area contributed by atoms with Crippen LogP contribution in [0.15, 0.2) is 36.7 Å². The Bertz CT molecular complexity index is 602. The summed E-state index contributed by atoms with van der Waals surface area (Å²) in [5.41, 5.74) is 7.15. The van der Waals surface area contributed by atoms with Crippen LogP contribution in [0.25, 0.3) is 0 Å². The van der Waals surface area contributed by atoms with E-state index in [1.54, 1.807) is 10.9 Å². The summed E-state index contributed by atoms with van der Waals surface area (Å²) in [6, 6.07) is 7.62. The van der Waals surface area contributed by atoms with Crippen molar-refractivity contribution in [2.24, 2.45) is 0 Å². The van der Waals surface area contributed by atoms with E-state index in [2.05, 4.69) is 15.6 Å². The fourth-order valence-electron chi connectivity index (χ4n) is 2.54. The number of aryl methyl sites for hydroxylation is 1. The van der Waals surface area contributed by atoms with E-state index in [1.807, 2.05) is 30.5 Å². The maximum absolute atomic E-state index is 12.4. The van der Waals surface area contributed by atoms with Crippen LogP contribution in [0, 0.1) is 0 Å². The molecule has 0 aliphatic heterocycles. The molecule has 6 heteroatoms. The standard InChI is InChI=1S/C15H19N5O/c16-13-4-2-12(3-5-13)15(6-7-15)14(21)17-8-1-10-20-11-9-18-19-20/h2-5,9,11H,1,6-8,10,16H2,(H,17,21). The van der Waals surface area contributed by atoms with Crippen LogP contribution in [0.4, 0.5) is 5.69 Å². The molecule has 0 unspecified atom stereocenters. The number of carbonyl (C=O) groups excluding carboxylic acids is 1. The molecule has 6 nitrogen and oxygen atoms in total. The topological polar surface area (TPSA) is 85.8 Å². The monoisotopic (exact) mass is 285 g/mol. The molecule has 0 bridgehead atoms. The van der Waals surface area contributed by atoms with Crippen LogP contribution >= 0.6 is 0 Å². The number of carbonyl (C=O) groups is 1. The minimum absolute atomic E-state index is 0.117.